The molecule has 2 heterocycles. The van der Waals surface area contributed by atoms with Crippen LogP contribution >= 0.6 is 11.3 Å². The highest BCUT2D eigenvalue weighted by atomic mass is 32.1. The van der Waals surface area contributed by atoms with E-state index < -0.39 is 0 Å². The molecule has 0 saturated carbocycles. The van der Waals surface area contributed by atoms with Gasteiger partial charge < -0.3 is 4.90 Å². The van der Waals surface area contributed by atoms with Gasteiger partial charge in [0.15, 0.2) is 0 Å². The largest absolute Gasteiger partial charge is 0.321 e. The predicted octanol–water partition coefficient (Wildman–Crippen LogP) is 2.61. The van der Waals surface area contributed by atoms with Crippen molar-refractivity contribution in [2.45, 2.75) is 39.4 Å². The van der Waals surface area contributed by atoms with Crippen LogP contribution < -0.4 is 5.32 Å². The van der Waals surface area contributed by atoms with Gasteiger partial charge in [0.2, 0.25) is 5.91 Å². The Hall–Kier alpha value is -0.870. The van der Waals surface area contributed by atoms with Gasteiger partial charge in [0.05, 0.1) is 6.04 Å². The summed E-state index contributed by atoms with van der Waals surface area (Å²) in [5.41, 5.74) is 0. The summed E-state index contributed by atoms with van der Waals surface area (Å²) in [6.45, 7) is 7.17. The van der Waals surface area contributed by atoms with E-state index in [4.69, 9.17) is 0 Å². The second-order valence-corrected chi connectivity index (χ2v) is 6.00. The average Bonchev–Trinajstić information content (AvgIpc) is 2.87. The lowest BCUT2D eigenvalue weighted by Gasteiger charge is -2.24. The summed E-state index contributed by atoms with van der Waals surface area (Å²) in [7, 11) is 0. The number of nitrogens with one attached hydrogen (secondary N) is 1. The first-order valence-corrected chi connectivity index (χ1v) is 7.07. The highest BCUT2D eigenvalue weighted by molar-refractivity contribution is 7.10. The smallest absolute Gasteiger partial charge is 0.241 e. The minimum absolute atomic E-state index is 0.0609. The van der Waals surface area contributed by atoms with Crippen molar-refractivity contribution in [1.82, 2.24) is 10.2 Å². The van der Waals surface area contributed by atoms with E-state index in [9.17, 15) is 4.79 Å². The standard InChI is InChI=1S/C13H20N2OS/c1-9(2)6-7-15-12(11-5-4-8-17-11)14-10(3)13(15)16/h4-5,8-10,12,14H,6-7H2,1-3H3. The van der Waals surface area contributed by atoms with Crippen molar-refractivity contribution in [2.75, 3.05) is 6.54 Å². The zero-order valence-electron chi connectivity index (χ0n) is 10.6. The summed E-state index contributed by atoms with van der Waals surface area (Å²) in [5.74, 6) is 0.853. The van der Waals surface area contributed by atoms with Gasteiger partial charge in [0.25, 0.3) is 0 Å². The zero-order chi connectivity index (χ0) is 12.4. The monoisotopic (exact) mass is 252 g/mol. The molecule has 0 radical (unpaired) electrons. The number of hydrogen-bond acceptors (Lipinski definition) is 3. The van der Waals surface area contributed by atoms with Crippen molar-refractivity contribution < 1.29 is 4.79 Å². The summed E-state index contributed by atoms with van der Waals surface area (Å²) in [5, 5.41) is 5.43. The molecule has 17 heavy (non-hydrogen) atoms. The van der Waals surface area contributed by atoms with Gasteiger partial charge in [-0.1, -0.05) is 19.9 Å². The SMILES string of the molecule is CC(C)CCN1C(=O)C(C)NC1c1cccs1. The van der Waals surface area contributed by atoms with Gasteiger partial charge in [-0.2, -0.15) is 0 Å². The molecule has 0 aliphatic carbocycles. The third kappa shape index (κ3) is 2.69. The van der Waals surface area contributed by atoms with Crippen LogP contribution in [-0.4, -0.2) is 23.4 Å². The second-order valence-electron chi connectivity index (χ2n) is 5.02. The minimum Gasteiger partial charge on any atom is -0.321 e. The molecule has 1 N–H and O–H groups in total. The molecule has 1 fully saturated rings. The van der Waals surface area contributed by atoms with Crippen molar-refractivity contribution >= 4 is 17.2 Å². The van der Waals surface area contributed by atoms with E-state index in [0.717, 1.165) is 13.0 Å². The molecule has 2 rings (SSSR count). The molecule has 2 unspecified atom stereocenters. The predicted molar refractivity (Wildman–Crippen MR) is 70.8 cm³/mol. The fourth-order valence-corrected chi connectivity index (χ4v) is 2.89. The molecule has 1 aromatic heterocycles. The normalized spacial score (nSPS) is 24.9. The summed E-state index contributed by atoms with van der Waals surface area (Å²) >= 11 is 1.71. The molecular formula is C13H20N2OS. The summed E-state index contributed by atoms with van der Waals surface area (Å²) in [6.07, 6.45) is 1.14. The van der Waals surface area contributed by atoms with Crippen LogP contribution in [0.1, 0.15) is 38.2 Å². The number of rotatable bonds is 4. The van der Waals surface area contributed by atoms with E-state index in [1.54, 1.807) is 11.3 Å². The van der Waals surface area contributed by atoms with Crippen LogP contribution in [0, 0.1) is 5.92 Å². The maximum Gasteiger partial charge on any atom is 0.241 e. The molecule has 0 aromatic carbocycles. The Morgan fingerprint density at radius 1 is 1.53 bits per heavy atom. The molecule has 3 nitrogen and oxygen atoms in total. The van der Waals surface area contributed by atoms with Crippen molar-refractivity contribution in [1.29, 1.82) is 0 Å². The number of thiophene rings is 1. The van der Waals surface area contributed by atoms with E-state index in [-0.39, 0.29) is 18.1 Å². The van der Waals surface area contributed by atoms with Gasteiger partial charge in [0.1, 0.15) is 6.17 Å². The van der Waals surface area contributed by atoms with Crippen molar-refractivity contribution in [3.63, 3.8) is 0 Å². The van der Waals surface area contributed by atoms with Gasteiger partial charge in [-0.15, -0.1) is 11.3 Å². The quantitative estimate of drug-likeness (QED) is 0.893. The fourth-order valence-electron chi connectivity index (χ4n) is 2.09. The number of amides is 1. The molecule has 1 aromatic rings. The van der Waals surface area contributed by atoms with Crippen LogP contribution in [0.15, 0.2) is 17.5 Å². The fraction of sp³-hybridized carbons (Fsp3) is 0.615. The van der Waals surface area contributed by atoms with Gasteiger partial charge in [-0.3, -0.25) is 10.1 Å². The highest BCUT2D eigenvalue weighted by Crippen LogP contribution is 2.28. The van der Waals surface area contributed by atoms with Gasteiger partial charge >= 0.3 is 0 Å². The Balaban J connectivity index is 2.11. The number of nitrogens with zero attached hydrogens (tertiary/aromatic N) is 1. The van der Waals surface area contributed by atoms with Gasteiger partial charge in [0, 0.05) is 11.4 Å². The van der Waals surface area contributed by atoms with E-state index in [1.807, 2.05) is 17.9 Å². The highest BCUT2D eigenvalue weighted by Gasteiger charge is 2.37. The first-order valence-electron chi connectivity index (χ1n) is 6.19. The number of carbonyl (C=O) groups is 1. The van der Waals surface area contributed by atoms with Crippen LogP contribution in [0.2, 0.25) is 0 Å². The molecule has 94 valence electrons. The second kappa shape index (κ2) is 5.19. The first kappa shape index (κ1) is 12.6. The van der Waals surface area contributed by atoms with E-state index >= 15 is 0 Å². The molecule has 0 spiro atoms. The van der Waals surface area contributed by atoms with Crippen molar-refractivity contribution in [3.05, 3.63) is 22.4 Å². The van der Waals surface area contributed by atoms with Gasteiger partial charge in [-0.05, 0) is 30.7 Å². The zero-order valence-corrected chi connectivity index (χ0v) is 11.5. The first-order chi connectivity index (χ1) is 8.09. The van der Waals surface area contributed by atoms with Crippen molar-refractivity contribution in [2.24, 2.45) is 5.92 Å². The Labute approximate surface area is 107 Å². The van der Waals surface area contributed by atoms with Crippen LogP contribution in [0.5, 0.6) is 0 Å². The number of carbonyl (C=O) groups excluding carboxylic acids is 1. The third-order valence-corrected chi connectivity index (χ3v) is 4.06. The van der Waals surface area contributed by atoms with E-state index in [0.29, 0.717) is 5.92 Å². The maximum atomic E-state index is 12.1. The minimum atomic E-state index is -0.0609. The summed E-state index contributed by atoms with van der Waals surface area (Å²) < 4.78 is 0. The molecule has 2 atom stereocenters. The Morgan fingerprint density at radius 2 is 2.29 bits per heavy atom. The van der Waals surface area contributed by atoms with Gasteiger partial charge in [-0.25, -0.2) is 0 Å². The molecule has 0 bridgehead atoms. The van der Waals surface area contributed by atoms with E-state index in [2.05, 4.69) is 30.6 Å². The summed E-state index contributed by atoms with van der Waals surface area (Å²) in [4.78, 5) is 15.3. The maximum absolute atomic E-state index is 12.1. The summed E-state index contributed by atoms with van der Waals surface area (Å²) in [6, 6.07) is 4.07. The van der Waals surface area contributed by atoms with Crippen molar-refractivity contribution in [3.8, 4) is 0 Å². The Morgan fingerprint density at radius 3 is 2.88 bits per heavy atom. The molecule has 1 saturated heterocycles. The average molecular weight is 252 g/mol. The molecule has 1 aliphatic heterocycles. The molecule has 1 amide bonds. The lowest BCUT2D eigenvalue weighted by atomic mass is 10.1. The number of hydrogen-bond donors (Lipinski definition) is 1. The van der Waals surface area contributed by atoms with Crippen LogP contribution in [0.4, 0.5) is 0 Å². The van der Waals surface area contributed by atoms with Crippen LogP contribution in [0.25, 0.3) is 0 Å². The van der Waals surface area contributed by atoms with Crippen LogP contribution in [0.3, 0.4) is 0 Å². The molecule has 4 heteroatoms. The Bertz CT molecular complexity index is 375. The topological polar surface area (TPSA) is 32.3 Å². The molecular weight excluding hydrogens is 232 g/mol. The Kier molecular flexibility index (Phi) is 3.84. The van der Waals surface area contributed by atoms with E-state index in [1.165, 1.54) is 4.88 Å². The molecule has 1 aliphatic rings. The third-order valence-electron chi connectivity index (χ3n) is 3.13. The van der Waals surface area contributed by atoms with Crippen LogP contribution in [-0.2, 0) is 4.79 Å². The lowest BCUT2D eigenvalue weighted by molar-refractivity contribution is -0.129. The lowest BCUT2D eigenvalue weighted by Crippen LogP contribution is -2.31.